The molecule has 190 valence electrons. The number of sulfone groups is 1. The standard InChI is InChI=1S/C23H32N6O5S/c1-17-20(15-25-26-23(17)31)29-8-3-4-18(29)16-34-13-7-22(30)28-11-9-27(10-12-28)21-6-5-19(14-24-21)35(2,32)33/h5-6,14-15,18H,3-4,7-13,16H2,1-2H3,(H,26,31)/t18-/m0/s1. The zero-order valence-electron chi connectivity index (χ0n) is 20.1. The predicted octanol–water partition coefficient (Wildman–Crippen LogP) is 0.601. The molecule has 11 nitrogen and oxygen atoms in total. The molecule has 2 fully saturated rings. The second kappa shape index (κ2) is 10.7. The summed E-state index contributed by atoms with van der Waals surface area (Å²) in [5.41, 5.74) is 1.32. The summed E-state index contributed by atoms with van der Waals surface area (Å²) in [6, 6.07) is 3.43. The van der Waals surface area contributed by atoms with E-state index in [1.165, 1.54) is 6.20 Å². The highest BCUT2D eigenvalue weighted by molar-refractivity contribution is 7.90. The number of aromatic nitrogens is 3. The zero-order chi connectivity index (χ0) is 25.0. The third-order valence-corrected chi connectivity index (χ3v) is 7.74. The summed E-state index contributed by atoms with van der Waals surface area (Å²) in [6.45, 7) is 5.95. The molecule has 4 rings (SSSR count). The monoisotopic (exact) mass is 504 g/mol. The van der Waals surface area contributed by atoms with Crippen LogP contribution in [0.5, 0.6) is 0 Å². The molecule has 1 atom stereocenters. The Hall–Kier alpha value is -2.99. The fraction of sp³-hybridized carbons (Fsp3) is 0.565. The van der Waals surface area contributed by atoms with Gasteiger partial charge in [0, 0.05) is 50.7 Å². The lowest BCUT2D eigenvalue weighted by atomic mass is 10.2. The molecule has 2 aliphatic rings. The quantitative estimate of drug-likeness (QED) is 0.514. The SMILES string of the molecule is Cc1c(N2CCC[C@H]2COCCC(=O)N2CCN(c3ccc(S(C)(=O)=O)cn3)CC2)cn[nH]c1=O. The number of carbonyl (C=O) groups is 1. The molecule has 1 amide bonds. The molecule has 0 unspecified atom stereocenters. The van der Waals surface area contributed by atoms with Crippen LogP contribution in [0, 0.1) is 6.92 Å². The van der Waals surface area contributed by atoms with Gasteiger partial charge in [0.05, 0.1) is 42.5 Å². The third kappa shape index (κ3) is 5.99. The van der Waals surface area contributed by atoms with Crippen LogP contribution >= 0.6 is 0 Å². The molecule has 0 saturated carbocycles. The maximum atomic E-state index is 12.6. The average molecular weight is 505 g/mol. The minimum atomic E-state index is -3.27. The molecule has 4 heterocycles. The van der Waals surface area contributed by atoms with Crippen molar-refractivity contribution in [2.24, 2.45) is 0 Å². The molecule has 2 aliphatic heterocycles. The van der Waals surface area contributed by atoms with E-state index < -0.39 is 9.84 Å². The summed E-state index contributed by atoms with van der Waals surface area (Å²) >= 11 is 0. The number of nitrogens with zero attached hydrogens (tertiary/aromatic N) is 5. The smallest absolute Gasteiger partial charge is 0.269 e. The highest BCUT2D eigenvalue weighted by atomic mass is 32.2. The van der Waals surface area contributed by atoms with E-state index in [1.54, 1.807) is 25.3 Å². The van der Waals surface area contributed by atoms with Gasteiger partial charge in [-0.15, -0.1) is 0 Å². The van der Waals surface area contributed by atoms with E-state index in [9.17, 15) is 18.0 Å². The maximum Gasteiger partial charge on any atom is 0.269 e. The minimum absolute atomic E-state index is 0.0583. The average Bonchev–Trinajstić information content (AvgIpc) is 3.31. The van der Waals surface area contributed by atoms with Crippen LogP contribution in [0.2, 0.25) is 0 Å². The molecular weight excluding hydrogens is 472 g/mol. The topological polar surface area (TPSA) is 129 Å². The first-order valence-corrected chi connectivity index (χ1v) is 13.7. The van der Waals surface area contributed by atoms with Gasteiger partial charge >= 0.3 is 0 Å². The maximum absolute atomic E-state index is 12.6. The molecule has 0 radical (unpaired) electrons. The summed E-state index contributed by atoms with van der Waals surface area (Å²) in [5.74, 6) is 0.766. The van der Waals surface area contributed by atoms with Crippen LogP contribution in [0.1, 0.15) is 24.8 Å². The lowest BCUT2D eigenvalue weighted by molar-refractivity contribution is -0.132. The number of anilines is 2. The van der Waals surface area contributed by atoms with Crippen LogP contribution in [-0.2, 0) is 19.4 Å². The van der Waals surface area contributed by atoms with Gasteiger partial charge in [-0.25, -0.2) is 18.5 Å². The number of H-pyrrole nitrogens is 1. The molecule has 0 spiro atoms. The number of hydrogen-bond acceptors (Lipinski definition) is 9. The third-order valence-electron chi connectivity index (χ3n) is 6.64. The van der Waals surface area contributed by atoms with E-state index in [4.69, 9.17) is 4.74 Å². The second-order valence-corrected chi connectivity index (χ2v) is 11.0. The number of ether oxygens (including phenoxy) is 1. The van der Waals surface area contributed by atoms with Crippen LogP contribution in [0.4, 0.5) is 11.5 Å². The van der Waals surface area contributed by atoms with Gasteiger partial charge in [0.15, 0.2) is 9.84 Å². The van der Waals surface area contributed by atoms with Gasteiger partial charge in [0.1, 0.15) is 5.82 Å². The Bertz CT molecular complexity index is 1190. The fourth-order valence-electron chi connectivity index (χ4n) is 4.57. The van der Waals surface area contributed by atoms with Crippen molar-refractivity contribution >= 4 is 27.2 Å². The number of rotatable bonds is 8. The lowest BCUT2D eigenvalue weighted by Gasteiger charge is -2.35. The van der Waals surface area contributed by atoms with Crippen molar-refractivity contribution < 1.29 is 17.9 Å². The van der Waals surface area contributed by atoms with Crippen molar-refractivity contribution in [3.05, 3.63) is 40.4 Å². The van der Waals surface area contributed by atoms with Crippen molar-refractivity contribution in [2.75, 3.05) is 62.0 Å². The number of hydrogen-bond donors (Lipinski definition) is 1. The highest BCUT2D eigenvalue weighted by Gasteiger charge is 2.27. The fourth-order valence-corrected chi connectivity index (χ4v) is 5.12. The lowest BCUT2D eigenvalue weighted by Crippen LogP contribution is -2.49. The van der Waals surface area contributed by atoms with Gasteiger partial charge < -0.3 is 19.4 Å². The van der Waals surface area contributed by atoms with Crippen LogP contribution in [0.3, 0.4) is 0 Å². The second-order valence-electron chi connectivity index (χ2n) is 9.02. The van der Waals surface area contributed by atoms with Gasteiger partial charge in [-0.3, -0.25) is 9.59 Å². The summed E-state index contributed by atoms with van der Waals surface area (Å²) < 4.78 is 29.1. The van der Waals surface area contributed by atoms with Crippen LogP contribution in [0.15, 0.2) is 34.2 Å². The van der Waals surface area contributed by atoms with Crippen molar-refractivity contribution in [1.29, 1.82) is 0 Å². The molecule has 0 aliphatic carbocycles. The molecule has 35 heavy (non-hydrogen) atoms. The number of amides is 1. The van der Waals surface area contributed by atoms with E-state index in [-0.39, 0.29) is 22.4 Å². The van der Waals surface area contributed by atoms with E-state index >= 15 is 0 Å². The predicted molar refractivity (Wildman–Crippen MR) is 132 cm³/mol. The first kappa shape index (κ1) is 25.1. The molecular formula is C23H32N6O5S. The normalized spacial score (nSPS) is 18.8. The van der Waals surface area contributed by atoms with Gasteiger partial charge in [-0.2, -0.15) is 5.10 Å². The highest BCUT2D eigenvalue weighted by Crippen LogP contribution is 2.26. The van der Waals surface area contributed by atoms with Crippen molar-refractivity contribution in [1.82, 2.24) is 20.1 Å². The Labute approximate surface area is 205 Å². The van der Waals surface area contributed by atoms with Crippen LogP contribution < -0.4 is 15.4 Å². The number of piperazine rings is 1. The van der Waals surface area contributed by atoms with Gasteiger partial charge in [0.25, 0.3) is 5.56 Å². The first-order chi connectivity index (χ1) is 16.7. The Kier molecular flexibility index (Phi) is 7.70. The molecule has 0 bridgehead atoms. The first-order valence-electron chi connectivity index (χ1n) is 11.8. The number of carbonyl (C=O) groups excluding carboxylic acids is 1. The van der Waals surface area contributed by atoms with Crippen LogP contribution in [0.25, 0.3) is 0 Å². The Morgan fingerprint density at radius 2 is 1.94 bits per heavy atom. The molecule has 1 N–H and O–H groups in total. The Morgan fingerprint density at radius 3 is 2.63 bits per heavy atom. The van der Waals surface area contributed by atoms with E-state index in [0.717, 1.165) is 31.3 Å². The van der Waals surface area contributed by atoms with Crippen molar-refractivity contribution in [2.45, 2.75) is 37.1 Å². The van der Waals surface area contributed by atoms with E-state index in [2.05, 4.69) is 20.1 Å². The molecule has 2 saturated heterocycles. The minimum Gasteiger partial charge on any atom is -0.379 e. The summed E-state index contributed by atoms with van der Waals surface area (Å²) in [7, 11) is -3.27. The van der Waals surface area contributed by atoms with Crippen molar-refractivity contribution in [3.8, 4) is 0 Å². The van der Waals surface area contributed by atoms with Gasteiger partial charge in [-0.1, -0.05) is 0 Å². The molecule has 2 aromatic heterocycles. The molecule has 12 heteroatoms. The Balaban J connectivity index is 1.20. The van der Waals surface area contributed by atoms with E-state index in [0.29, 0.717) is 57.2 Å². The number of nitrogens with one attached hydrogen (secondary N) is 1. The van der Waals surface area contributed by atoms with Crippen LogP contribution in [-0.4, -0.2) is 92.6 Å². The molecule has 2 aromatic rings. The number of pyridine rings is 1. The van der Waals surface area contributed by atoms with Gasteiger partial charge in [-0.05, 0) is 31.9 Å². The van der Waals surface area contributed by atoms with Crippen molar-refractivity contribution in [3.63, 3.8) is 0 Å². The summed E-state index contributed by atoms with van der Waals surface area (Å²) in [6.07, 6.45) is 6.54. The Morgan fingerprint density at radius 1 is 1.17 bits per heavy atom. The number of aromatic amines is 1. The molecule has 0 aromatic carbocycles. The van der Waals surface area contributed by atoms with Gasteiger partial charge in [0.2, 0.25) is 5.91 Å². The van der Waals surface area contributed by atoms with E-state index in [1.807, 2.05) is 9.80 Å². The summed E-state index contributed by atoms with van der Waals surface area (Å²) in [4.78, 5) is 35.1. The zero-order valence-corrected chi connectivity index (χ0v) is 21.0. The summed E-state index contributed by atoms with van der Waals surface area (Å²) in [5, 5.41) is 6.39. The largest absolute Gasteiger partial charge is 0.379 e.